The fourth-order valence-electron chi connectivity index (χ4n) is 2.31. The van der Waals surface area contributed by atoms with Crippen molar-refractivity contribution in [2.75, 3.05) is 43.1 Å². The molecule has 0 bridgehead atoms. The minimum Gasteiger partial charge on any atom is -0.378 e. The smallest absolute Gasteiger partial charge is 0.243 e. The summed E-state index contributed by atoms with van der Waals surface area (Å²) >= 11 is 0. The van der Waals surface area contributed by atoms with Crippen LogP contribution in [0.5, 0.6) is 0 Å². The Morgan fingerprint density at radius 1 is 1.35 bits per heavy atom. The van der Waals surface area contributed by atoms with Crippen molar-refractivity contribution in [3.8, 4) is 0 Å². The third-order valence-corrected chi connectivity index (χ3v) is 3.50. The van der Waals surface area contributed by atoms with E-state index in [2.05, 4.69) is 29.4 Å². The van der Waals surface area contributed by atoms with Gasteiger partial charge < -0.3 is 20.3 Å². The number of anilines is 2. The van der Waals surface area contributed by atoms with Gasteiger partial charge in [-0.05, 0) is 38.1 Å². The summed E-state index contributed by atoms with van der Waals surface area (Å²) in [6.07, 6.45) is 0. The summed E-state index contributed by atoms with van der Waals surface area (Å²) in [6.45, 7) is 8.05. The van der Waals surface area contributed by atoms with Gasteiger partial charge >= 0.3 is 0 Å². The van der Waals surface area contributed by atoms with E-state index in [1.807, 2.05) is 24.3 Å². The first-order chi connectivity index (χ1) is 9.74. The van der Waals surface area contributed by atoms with Crippen LogP contribution in [0.15, 0.2) is 24.3 Å². The highest BCUT2D eigenvalue weighted by molar-refractivity contribution is 5.95. The van der Waals surface area contributed by atoms with Crippen LogP contribution in [0.2, 0.25) is 0 Å². The van der Waals surface area contributed by atoms with Crippen molar-refractivity contribution in [2.45, 2.75) is 19.9 Å². The lowest BCUT2D eigenvalue weighted by Crippen LogP contribution is -2.48. The molecule has 1 aromatic carbocycles. The van der Waals surface area contributed by atoms with Crippen LogP contribution in [0.25, 0.3) is 0 Å². The van der Waals surface area contributed by atoms with E-state index in [1.54, 1.807) is 0 Å². The Bertz CT molecular complexity index is 423. The van der Waals surface area contributed by atoms with Crippen molar-refractivity contribution in [2.24, 2.45) is 0 Å². The normalized spacial score (nSPS) is 18.6. The fraction of sp³-hybridized carbons (Fsp3) is 0.533. The molecule has 20 heavy (non-hydrogen) atoms. The number of nitrogens with one attached hydrogen (secondary N) is 2. The third kappa shape index (κ3) is 3.71. The van der Waals surface area contributed by atoms with Crippen molar-refractivity contribution in [3.05, 3.63) is 24.3 Å². The number of ether oxygens (including phenoxy) is 1. The lowest BCUT2D eigenvalue weighted by molar-refractivity contribution is -0.120. The molecule has 1 saturated heterocycles. The largest absolute Gasteiger partial charge is 0.378 e. The van der Waals surface area contributed by atoms with Crippen molar-refractivity contribution in [1.29, 1.82) is 0 Å². The molecule has 1 aliphatic heterocycles. The Morgan fingerprint density at radius 3 is 2.60 bits per heavy atom. The van der Waals surface area contributed by atoms with Gasteiger partial charge in [-0.15, -0.1) is 0 Å². The summed E-state index contributed by atoms with van der Waals surface area (Å²) in [6, 6.07) is 7.69. The Kier molecular flexibility index (Phi) is 5.38. The molecular weight excluding hydrogens is 254 g/mol. The van der Waals surface area contributed by atoms with Gasteiger partial charge in [-0.1, -0.05) is 0 Å². The van der Waals surface area contributed by atoms with Gasteiger partial charge in [0, 0.05) is 31.0 Å². The molecule has 1 fully saturated rings. The van der Waals surface area contributed by atoms with E-state index >= 15 is 0 Å². The van der Waals surface area contributed by atoms with E-state index in [-0.39, 0.29) is 11.9 Å². The van der Waals surface area contributed by atoms with E-state index in [9.17, 15) is 4.79 Å². The molecule has 0 aromatic heterocycles. The second kappa shape index (κ2) is 7.26. The maximum Gasteiger partial charge on any atom is 0.243 e. The monoisotopic (exact) mass is 277 g/mol. The van der Waals surface area contributed by atoms with Gasteiger partial charge in [-0.2, -0.15) is 0 Å². The zero-order chi connectivity index (χ0) is 14.4. The summed E-state index contributed by atoms with van der Waals surface area (Å²) in [7, 11) is 0. The number of hydrogen-bond acceptors (Lipinski definition) is 4. The molecule has 1 aromatic rings. The molecule has 2 N–H and O–H groups in total. The Hall–Kier alpha value is -1.59. The number of carbonyl (C=O) groups is 1. The highest BCUT2D eigenvalue weighted by atomic mass is 16.5. The summed E-state index contributed by atoms with van der Waals surface area (Å²) in [5.41, 5.74) is 1.99. The maximum absolute atomic E-state index is 12.0. The minimum atomic E-state index is -0.258. The average molecular weight is 277 g/mol. The predicted molar refractivity (Wildman–Crippen MR) is 81.2 cm³/mol. The van der Waals surface area contributed by atoms with E-state index < -0.39 is 0 Å². The van der Waals surface area contributed by atoms with Crippen LogP contribution >= 0.6 is 0 Å². The Labute approximate surface area is 120 Å². The first-order valence-corrected chi connectivity index (χ1v) is 7.21. The molecule has 110 valence electrons. The van der Waals surface area contributed by atoms with Crippen LogP contribution in [-0.4, -0.2) is 44.8 Å². The van der Waals surface area contributed by atoms with Crippen LogP contribution in [-0.2, 0) is 9.53 Å². The quantitative estimate of drug-likeness (QED) is 0.855. The summed E-state index contributed by atoms with van der Waals surface area (Å²) in [5.74, 6) is -0.0414. The van der Waals surface area contributed by atoms with Crippen molar-refractivity contribution in [3.63, 3.8) is 0 Å². The number of carbonyl (C=O) groups excluding carboxylic acids is 1. The van der Waals surface area contributed by atoms with Crippen molar-refractivity contribution >= 4 is 17.3 Å². The number of rotatable bonds is 5. The van der Waals surface area contributed by atoms with Gasteiger partial charge in [0.15, 0.2) is 0 Å². The molecule has 5 nitrogen and oxygen atoms in total. The fourth-order valence-corrected chi connectivity index (χ4v) is 2.31. The number of morpholine rings is 1. The molecule has 1 amide bonds. The highest BCUT2D eigenvalue weighted by Gasteiger charge is 2.20. The van der Waals surface area contributed by atoms with Gasteiger partial charge in [-0.3, -0.25) is 4.79 Å². The number of hydrogen-bond donors (Lipinski definition) is 2. The predicted octanol–water partition coefficient (Wildman–Crippen LogP) is 1.46. The second-order valence-electron chi connectivity index (χ2n) is 4.79. The number of amides is 1. The van der Waals surface area contributed by atoms with Gasteiger partial charge in [0.25, 0.3) is 0 Å². The third-order valence-electron chi connectivity index (χ3n) is 3.50. The molecule has 5 heteroatoms. The topological polar surface area (TPSA) is 53.6 Å². The van der Waals surface area contributed by atoms with Crippen LogP contribution in [0.1, 0.15) is 13.8 Å². The molecule has 0 radical (unpaired) electrons. The zero-order valence-corrected chi connectivity index (χ0v) is 12.2. The molecule has 1 aliphatic rings. The molecule has 1 atom stereocenters. The minimum absolute atomic E-state index is 0.0414. The van der Waals surface area contributed by atoms with Crippen LogP contribution in [0.4, 0.5) is 11.4 Å². The van der Waals surface area contributed by atoms with Gasteiger partial charge in [0.2, 0.25) is 5.91 Å². The average Bonchev–Trinajstić information content (AvgIpc) is 2.51. The standard InChI is InChI=1S/C15H23N3O2/c1-3-18(4-2)13-7-5-12(6-8-13)17-15(19)14-11-20-10-9-16-14/h5-8,14,16H,3-4,9-11H2,1-2H3,(H,17,19). The lowest BCUT2D eigenvalue weighted by atomic mass is 10.2. The van der Waals surface area contributed by atoms with E-state index in [0.29, 0.717) is 13.2 Å². The lowest BCUT2D eigenvalue weighted by Gasteiger charge is -2.23. The molecule has 0 saturated carbocycles. The van der Waals surface area contributed by atoms with Crippen LogP contribution in [0, 0.1) is 0 Å². The zero-order valence-electron chi connectivity index (χ0n) is 12.2. The Balaban J connectivity index is 1.94. The van der Waals surface area contributed by atoms with E-state index in [4.69, 9.17) is 4.74 Å². The summed E-state index contributed by atoms with van der Waals surface area (Å²) < 4.78 is 5.29. The molecule has 0 spiro atoms. The highest BCUT2D eigenvalue weighted by Crippen LogP contribution is 2.17. The first-order valence-electron chi connectivity index (χ1n) is 7.21. The molecule has 1 unspecified atom stereocenters. The second-order valence-corrected chi connectivity index (χ2v) is 4.79. The SMILES string of the molecule is CCN(CC)c1ccc(NC(=O)C2COCCN2)cc1. The van der Waals surface area contributed by atoms with Crippen LogP contribution in [0.3, 0.4) is 0 Å². The van der Waals surface area contributed by atoms with Crippen molar-refractivity contribution in [1.82, 2.24) is 5.32 Å². The molecule has 0 aliphatic carbocycles. The van der Waals surface area contributed by atoms with Crippen LogP contribution < -0.4 is 15.5 Å². The first kappa shape index (κ1) is 14.8. The van der Waals surface area contributed by atoms with Gasteiger partial charge in [0.05, 0.1) is 13.2 Å². The van der Waals surface area contributed by atoms with Crippen molar-refractivity contribution < 1.29 is 9.53 Å². The summed E-state index contributed by atoms with van der Waals surface area (Å²) in [4.78, 5) is 14.3. The number of nitrogens with zero attached hydrogens (tertiary/aromatic N) is 1. The van der Waals surface area contributed by atoms with Gasteiger partial charge in [-0.25, -0.2) is 0 Å². The Morgan fingerprint density at radius 2 is 2.05 bits per heavy atom. The van der Waals surface area contributed by atoms with E-state index in [0.717, 1.165) is 25.3 Å². The number of benzene rings is 1. The molecule has 1 heterocycles. The van der Waals surface area contributed by atoms with E-state index in [1.165, 1.54) is 5.69 Å². The maximum atomic E-state index is 12.0. The molecular formula is C15H23N3O2. The van der Waals surface area contributed by atoms with Gasteiger partial charge in [0.1, 0.15) is 6.04 Å². The summed E-state index contributed by atoms with van der Waals surface area (Å²) in [5, 5.41) is 6.06. The molecule has 2 rings (SSSR count).